The highest BCUT2D eigenvalue weighted by Crippen LogP contribution is 2.29. The number of hydroxylamine groups is 2. The van der Waals surface area contributed by atoms with Gasteiger partial charge in [-0.25, -0.2) is 9.86 Å². The lowest BCUT2D eigenvalue weighted by Gasteiger charge is -2.20. The van der Waals surface area contributed by atoms with E-state index in [1.807, 2.05) is 48.5 Å². The van der Waals surface area contributed by atoms with Crippen molar-refractivity contribution >= 4 is 11.7 Å². The molecule has 6 nitrogen and oxygen atoms in total. The molecule has 2 aromatic carbocycles. The number of hydrogen-bond acceptors (Lipinski definition) is 4. The largest absolute Gasteiger partial charge is 0.492 e. The van der Waals surface area contributed by atoms with Crippen LogP contribution in [0.25, 0.3) is 0 Å². The highest BCUT2D eigenvalue weighted by atomic mass is 16.5. The normalized spacial score (nSPS) is 12.8. The van der Waals surface area contributed by atoms with Crippen LogP contribution in [0, 0.1) is 0 Å². The van der Waals surface area contributed by atoms with Crippen LogP contribution in [0.3, 0.4) is 0 Å². The van der Waals surface area contributed by atoms with Gasteiger partial charge in [-0.3, -0.25) is 5.21 Å². The third-order valence-electron chi connectivity index (χ3n) is 4.10. The fourth-order valence-electron chi connectivity index (χ4n) is 2.90. The van der Waals surface area contributed by atoms with Gasteiger partial charge in [-0.1, -0.05) is 30.3 Å². The molecular weight excluding hydrogens is 306 g/mol. The van der Waals surface area contributed by atoms with Gasteiger partial charge in [-0.2, -0.15) is 0 Å². The highest BCUT2D eigenvalue weighted by molar-refractivity contribution is 5.70. The van der Waals surface area contributed by atoms with E-state index in [4.69, 9.17) is 10.5 Å². The van der Waals surface area contributed by atoms with E-state index in [9.17, 15) is 10.0 Å². The Hall–Kier alpha value is -2.73. The summed E-state index contributed by atoms with van der Waals surface area (Å²) >= 11 is 0. The zero-order valence-electron chi connectivity index (χ0n) is 13.4. The number of fused-ring (bicyclic) bond motifs is 1. The van der Waals surface area contributed by atoms with Crippen LogP contribution in [0.15, 0.2) is 48.5 Å². The Balaban J connectivity index is 1.57. The number of hydrogen-bond donors (Lipinski definition) is 2. The maximum atomic E-state index is 10.9. The SMILES string of the molecule is NC(=O)N(O)Cc1ccc2c(c1)CCN2CCOc1ccccc1. The summed E-state index contributed by atoms with van der Waals surface area (Å²) in [6.07, 6.45) is 0.941. The van der Waals surface area contributed by atoms with Crippen LogP contribution < -0.4 is 15.4 Å². The van der Waals surface area contributed by atoms with E-state index >= 15 is 0 Å². The van der Waals surface area contributed by atoms with Crippen molar-refractivity contribution in [1.82, 2.24) is 5.06 Å². The number of urea groups is 1. The van der Waals surface area contributed by atoms with Crippen LogP contribution in [0.4, 0.5) is 10.5 Å². The average molecular weight is 327 g/mol. The summed E-state index contributed by atoms with van der Waals surface area (Å²) in [6, 6.07) is 14.9. The quantitative estimate of drug-likeness (QED) is 0.631. The maximum Gasteiger partial charge on any atom is 0.338 e. The number of para-hydroxylation sites is 1. The Bertz CT molecular complexity index is 706. The van der Waals surface area contributed by atoms with Crippen LogP contribution in [-0.2, 0) is 13.0 Å². The second-order valence-corrected chi connectivity index (χ2v) is 5.76. The number of nitrogens with two attached hydrogens (primary N) is 1. The predicted octanol–water partition coefficient (Wildman–Crippen LogP) is 2.40. The molecule has 1 heterocycles. The number of carbonyl (C=O) groups excluding carboxylic acids is 1. The number of anilines is 1. The van der Waals surface area contributed by atoms with Crippen molar-refractivity contribution in [3.63, 3.8) is 0 Å². The summed E-state index contributed by atoms with van der Waals surface area (Å²) in [5, 5.41) is 9.95. The monoisotopic (exact) mass is 327 g/mol. The van der Waals surface area contributed by atoms with Crippen molar-refractivity contribution in [1.29, 1.82) is 0 Å². The average Bonchev–Trinajstić information content (AvgIpc) is 2.98. The molecule has 0 bridgehead atoms. The van der Waals surface area contributed by atoms with Crippen molar-refractivity contribution in [3.05, 3.63) is 59.7 Å². The van der Waals surface area contributed by atoms with Crippen molar-refractivity contribution < 1.29 is 14.7 Å². The fraction of sp³-hybridized carbons (Fsp3) is 0.278. The zero-order valence-corrected chi connectivity index (χ0v) is 13.4. The first-order chi connectivity index (χ1) is 11.6. The van der Waals surface area contributed by atoms with Crippen LogP contribution in [0.1, 0.15) is 11.1 Å². The molecule has 6 heteroatoms. The minimum Gasteiger partial charge on any atom is -0.492 e. The Labute approximate surface area is 141 Å². The van der Waals surface area contributed by atoms with E-state index in [0.717, 1.165) is 30.8 Å². The highest BCUT2D eigenvalue weighted by Gasteiger charge is 2.19. The molecule has 0 aliphatic carbocycles. The number of nitrogens with zero attached hydrogens (tertiary/aromatic N) is 2. The second-order valence-electron chi connectivity index (χ2n) is 5.76. The Morgan fingerprint density at radius 1 is 1.25 bits per heavy atom. The van der Waals surface area contributed by atoms with E-state index in [0.29, 0.717) is 11.7 Å². The van der Waals surface area contributed by atoms with Crippen LogP contribution in [0.5, 0.6) is 5.75 Å². The molecule has 1 aliphatic heterocycles. The topological polar surface area (TPSA) is 79.0 Å². The first kappa shape index (κ1) is 16.1. The molecule has 3 rings (SSSR count). The summed E-state index contributed by atoms with van der Waals surface area (Å²) in [5.41, 5.74) is 8.29. The molecule has 0 saturated heterocycles. The standard InChI is InChI=1S/C18H21N3O3/c19-18(22)21(23)13-14-6-7-17-15(12-14)8-9-20(17)10-11-24-16-4-2-1-3-5-16/h1-7,12,23H,8-11,13H2,(H2,19,22). The van der Waals surface area contributed by atoms with Gasteiger partial charge in [0, 0.05) is 12.2 Å². The fourth-order valence-corrected chi connectivity index (χ4v) is 2.90. The number of rotatable bonds is 6. The molecule has 0 spiro atoms. The Morgan fingerprint density at radius 3 is 2.79 bits per heavy atom. The number of ether oxygens (including phenoxy) is 1. The number of benzene rings is 2. The van der Waals surface area contributed by atoms with Crippen molar-refractivity contribution in [2.24, 2.45) is 5.73 Å². The van der Waals surface area contributed by atoms with Crippen LogP contribution >= 0.6 is 0 Å². The summed E-state index contributed by atoms with van der Waals surface area (Å²) in [5.74, 6) is 0.877. The van der Waals surface area contributed by atoms with Gasteiger partial charge in [-0.15, -0.1) is 0 Å². The van der Waals surface area contributed by atoms with E-state index < -0.39 is 6.03 Å². The molecule has 126 valence electrons. The van der Waals surface area contributed by atoms with Gasteiger partial charge < -0.3 is 15.4 Å². The molecular formula is C18H21N3O3. The van der Waals surface area contributed by atoms with Gasteiger partial charge in [0.2, 0.25) is 0 Å². The van der Waals surface area contributed by atoms with Crippen LogP contribution in [0.2, 0.25) is 0 Å². The van der Waals surface area contributed by atoms with E-state index in [1.165, 1.54) is 11.3 Å². The van der Waals surface area contributed by atoms with E-state index in [2.05, 4.69) is 4.90 Å². The smallest absolute Gasteiger partial charge is 0.338 e. The lowest BCUT2D eigenvalue weighted by Crippen LogP contribution is -2.32. The minimum atomic E-state index is -0.852. The summed E-state index contributed by atoms with van der Waals surface area (Å²) in [7, 11) is 0. The molecule has 0 fully saturated rings. The third kappa shape index (κ3) is 3.78. The van der Waals surface area contributed by atoms with Gasteiger partial charge in [0.05, 0.1) is 13.1 Å². The number of primary amides is 1. The second kappa shape index (κ2) is 7.23. The van der Waals surface area contributed by atoms with Gasteiger partial charge in [0.1, 0.15) is 12.4 Å². The zero-order chi connectivity index (χ0) is 16.9. The molecule has 0 unspecified atom stereocenters. The van der Waals surface area contributed by atoms with Gasteiger partial charge in [-0.05, 0) is 35.7 Å². The molecule has 2 aromatic rings. The lowest BCUT2D eigenvalue weighted by molar-refractivity contribution is -0.0470. The third-order valence-corrected chi connectivity index (χ3v) is 4.10. The molecule has 24 heavy (non-hydrogen) atoms. The first-order valence-corrected chi connectivity index (χ1v) is 7.94. The van der Waals surface area contributed by atoms with Gasteiger partial charge in [0.25, 0.3) is 0 Å². The van der Waals surface area contributed by atoms with Crippen molar-refractivity contribution in [2.75, 3.05) is 24.6 Å². The van der Waals surface area contributed by atoms with Gasteiger partial charge >= 0.3 is 6.03 Å². The molecule has 0 saturated carbocycles. The lowest BCUT2D eigenvalue weighted by atomic mass is 10.1. The van der Waals surface area contributed by atoms with Crippen molar-refractivity contribution in [2.45, 2.75) is 13.0 Å². The molecule has 0 aromatic heterocycles. The summed E-state index contributed by atoms with van der Waals surface area (Å²) < 4.78 is 5.75. The van der Waals surface area contributed by atoms with Crippen LogP contribution in [-0.4, -0.2) is 36.0 Å². The first-order valence-electron chi connectivity index (χ1n) is 7.94. The Morgan fingerprint density at radius 2 is 2.04 bits per heavy atom. The Kier molecular flexibility index (Phi) is 4.86. The predicted molar refractivity (Wildman–Crippen MR) is 91.2 cm³/mol. The van der Waals surface area contributed by atoms with Crippen molar-refractivity contribution in [3.8, 4) is 5.75 Å². The summed E-state index contributed by atoms with van der Waals surface area (Å²) in [6.45, 7) is 2.47. The molecule has 0 radical (unpaired) electrons. The molecule has 2 amide bonds. The minimum absolute atomic E-state index is 0.0970. The number of carbonyl (C=O) groups is 1. The molecule has 3 N–H and O–H groups in total. The molecule has 1 aliphatic rings. The van der Waals surface area contributed by atoms with E-state index in [1.54, 1.807) is 0 Å². The van der Waals surface area contributed by atoms with E-state index in [-0.39, 0.29) is 6.54 Å². The maximum absolute atomic E-state index is 10.9. The summed E-state index contributed by atoms with van der Waals surface area (Å²) in [4.78, 5) is 13.2. The van der Waals surface area contributed by atoms with Gasteiger partial charge in [0.15, 0.2) is 0 Å². The number of amides is 2. The molecule has 0 atom stereocenters.